The molecule has 140 valence electrons. The van der Waals surface area contributed by atoms with E-state index in [0.717, 1.165) is 29.9 Å². The number of hydrogen-bond acceptors (Lipinski definition) is 2. The van der Waals surface area contributed by atoms with Gasteiger partial charge in [-0.05, 0) is 56.2 Å². The van der Waals surface area contributed by atoms with Crippen molar-refractivity contribution in [2.24, 2.45) is 4.99 Å². The molecule has 3 nitrogen and oxygen atoms in total. The van der Waals surface area contributed by atoms with Gasteiger partial charge in [0, 0.05) is 19.7 Å². The molecule has 0 heterocycles. The van der Waals surface area contributed by atoms with Crippen LogP contribution in [0.3, 0.4) is 0 Å². The summed E-state index contributed by atoms with van der Waals surface area (Å²) in [4.78, 5) is 6.29. The molecule has 0 radical (unpaired) electrons. The van der Waals surface area contributed by atoms with Gasteiger partial charge in [0.1, 0.15) is 17.3 Å². The highest BCUT2D eigenvalue weighted by atomic mass is 19.4. The highest BCUT2D eigenvalue weighted by molar-refractivity contribution is 5.64. The van der Waals surface area contributed by atoms with Gasteiger partial charge in [-0.25, -0.2) is 9.38 Å². The van der Waals surface area contributed by atoms with E-state index in [1.165, 1.54) is 0 Å². The monoisotopic (exact) mass is 368 g/mol. The molecule has 0 fully saturated rings. The Morgan fingerprint density at radius 2 is 1.77 bits per heavy atom. The van der Waals surface area contributed by atoms with E-state index in [0.29, 0.717) is 17.4 Å². The Hall–Kier alpha value is -2.57. The lowest BCUT2D eigenvalue weighted by atomic mass is 10.1. The molecular formula is C19H20F4N2O. The maximum absolute atomic E-state index is 13.5. The summed E-state index contributed by atoms with van der Waals surface area (Å²) in [5.41, 5.74) is 1.11. The highest BCUT2D eigenvalue weighted by Gasteiger charge is 2.31. The molecule has 0 aliphatic carbocycles. The van der Waals surface area contributed by atoms with Crippen molar-refractivity contribution in [1.82, 2.24) is 4.90 Å². The molecule has 0 aromatic heterocycles. The van der Waals surface area contributed by atoms with E-state index >= 15 is 0 Å². The number of aryl methyl sites for hydroxylation is 2. The van der Waals surface area contributed by atoms with Gasteiger partial charge in [-0.1, -0.05) is 0 Å². The lowest BCUT2D eigenvalue weighted by molar-refractivity contribution is -0.137. The lowest BCUT2D eigenvalue weighted by Gasteiger charge is -2.14. The second-order valence-electron chi connectivity index (χ2n) is 6.00. The fourth-order valence-corrected chi connectivity index (χ4v) is 2.18. The van der Waals surface area contributed by atoms with Crippen molar-refractivity contribution in [3.8, 4) is 11.5 Å². The molecular weight excluding hydrogens is 348 g/mol. The number of halogens is 4. The molecule has 0 aliphatic rings. The van der Waals surface area contributed by atoms with E-state index in [9.17, 15) is 17.6 Å². The van der Waals surface area contributed by atoms with Crippen LogP contribution in [0.15, 0.2) is 35.3 Å². The zero-order valence-corrected chi connectivity index (χ0v) is 15.0. The van der Waals surface area contributed by atoms with Gasteiger partial charge in [-0.15, -0.1) is 0 Å². The summed E-state index contributed by atoms with van der Waals surface area (Å²) in [7, 11) is 1.89. The predicted octanol–water partition coefficient (Wildman–Crippen LogP) is 5.87. The van der Waals surface area contributed by atoms with Crippen LogP contribution in [-0.2, 0) is 6.18 Å². The summed E-state index contributed by atoms with van der Waals surface area (Å²) in [5.74, 6) is -0.862. The molecule has 0 spiro atoms. The van der Waals surface area contributed by atoms with Crippen LogP contribution >= 0.6 is 0 Å². The number of alkyl halides is 3. The van der Waals surface area contributed by atoms with Gasteiger partial charge >= 0.3 is 6.18 Å². The zero-order chi connectivity index (χ0) is 19.5. The first-order valence-electron chi connectivity index (χ1n) is 8.01. The number of ether oxygens (including phenoxy) is 1. The lowest BCUT2D eigenvalue weighted by Crippen LogP contribution is -2.14. The normalized spacial score (nSPS) is 11.8. The van der Waals surface area contributed by atoms with Crippen molar-refractivity contribution in [2.75, 3.05) is 13.6 Å². The minimum absolute atomic E-state index is 0.207. The second-order valence-corrected chi connectivity index (χ2v) is 6.00. The summed E-state index contributed by atoms with van der Waals surface area (Å²) < 4.78 is 57.5. The Balaban J connectivity index is 2.32. The largest absolute Gasteiger partial charge is 0.457 e. The summed E-state index contributed by atoms with van der Waals surface area (Å²) in [6.45, 7) is 6.37. The third-order valence-electron chi connectivity index (χ3n) is 3.81. The van der Waals surface area contributed by atoms with E-state index in [-0.39, 0.29) is 5.75 Å². The van der Waals surface area contributed by atoms with E-state index < -0.39 is 17.6 Å². The van der Waals surface area contributed by atoms with E-state index in [4.69, 9.17) is 4.74 Å². The van der Waals surface area contributed by atoms with Crippen LogP contribution in [0, 0.1) is 19.7 Å². The van der Waals surface area contributed by atoms with E-state index in [1.54, 1.807) is 25.4 Å². The number of nitrogens with zero attached hydrogens (tertiary/aromatic N) is 2. The van der Waals surface area contributed by atoms with Gasteiger partial charge in [0.25, 0.3) is 0 Å². The molecule has 7 heteroatoms. The standard InChI is InChI=1S/C19H20F4N2O/c1-5-25(4)11-24-17-6-13(3)18(7-12(17)2)26-16-9-14(19(21,22)23)8-15(20)10-16/h6-11H,5H2,1-4H3/b24-11+. The summed E-state index contributed by atoms with van der Waals surface area (Å²) in [6, 6.07) is 5.58. The van der Waals surface area contributed by atoms with Crippen molar-refractivity contribution in [2.45, 2.75) is 26.9 Å². The summed E-state index contributed by atoms with van der Waals surface area (Å²) in [6.07, 6.45) is -2.94. The SMILES string of the molecule is CCN(C)/C=N/c1cc(C)c(Oc2cc(F)cc(C(F)(F)F)c2)cc1C. The fourth-order valence-electron chi connectivity index (χ4n) is 2.18. The second kappa shape index (κ2) is 7.76. The minimum atomic E-state index is -4.64. The molecule has 0 saturated heterocycles. The molecule has 2 aromatic carbocycles. The average molecular weight is 368 g/mol. The zero-order valence-electron chi connectivity index (χ0n) is 15.0. The molecule has 0 N–H and O–H groups in total. The van der Waals surface area contributed by atoms with Crippen LogP contribution in [-0.4, -0.2) is 24.8 Å². The van der Waals surface area contributed by atoms with Crippen LogP contribution in [0.5, 0.6) is 11.5 Å². The number of benzene rings is 2. The van der Waals surface area contributed by atoms with Crippen LogP contribution in [0.25, 0.3) is 0 Å². The summed E-state index contributed by atoms with van der Waals surface area (Å²) in [5, 5.41) is 0. The maximum Gasteiger partial charge on any atom is 0.416 e. The van der Waals surface area contributed by atoms with Crippen molar-refractivity contribution in [1.29, 1.82) is 0 Å². The molecule has 0 saturated carbocycles. The van der Waals surface area contributed by atoms with E-state index in [2.05, 4.69) is 4.99 Å². The number of rotatable bonds is 5. The molecule has 0 amide bonds. The molecule has 26 heavy (non-hydrogen) atoms. The molecule has 2 rings (SSSR count). The summed E-state index contributed by atoms with van der Waals surface area (Å²) >= 11 is 0. The maximum atomic E-state index is 13.5. The molecule has 0 unspecified atom stereocenters. The first-order valence-corrected chi connectivity index (χ1v) is 8.01. The first-order chi connectivity index (χ1) is 12.1. The van der Waals surface area contributed by atoms with Crippen LogP contribution < -0.4 is 4.74 Å². The van der Waals surface area contributed by atoms with Gasteiger partial charge in [0.05, 0.1) is 17.6 Å². The number of hydrogen-bond donors (Lipinski definition) is 0. The third kappa shape index (κ3) is 4.97. The van der Waals surface area contributed by atoms with Crippen LogP contribution in [0.1, 0.15) is 23.6 Å². The molecule has 2 aromatic rings. The fraction of sp³-hybridized carbons (Fsp3) is 0.316. The topological polar surface area (TPSA) is 24.8 Å². The Morgan fingerprint density at radius 3 is 2.38 bits per heavy atom. The highest BCUT2D eigenvalue weighted by Crippen LogP contribution is 2.35. The van der Waals surface area contributed by atoms with E-state index in [1.807, 2.05) is 25.8 Å². The molecule has 0 bridgehead atoms. The van der Waals surface area contributed by atoms with Crippen LogP contribution in [0.4, 0.5) is 23.2 Å². The Bertz CT molecular complexity index is 816. The smallest absolute Gasteiger partial charge is 0.416 e. The number of aliphatic imine (C=N–C) groups is 1. The van der Waals surface area contributed by atoms with Gasteiger partial charge in [0.15, 0.2) is 0 Å². The van der Waals surface area contributed by atoms with Crippen LogP contribution in [0.2, 0.25) is 0 Å². The van der Waals surface area contributed by atoms with Gasteiger partial charge < -0.3 is 9.64 Å². The van der Waals surface area contributed by atoms with Crippen molar-refractivity contribution < 1.29 is 22.3 Å². The predicted molar refractivity (Wildman–Crippen MR) is 93.8 cm³/mol. The van der Waals surface area contributed by atoms with Gasteiger partial charge in [-0.3, -0.25) is 0 Å². The molecule has 0 aliphatic heterocycles. The third-order valence-corrected chi connectivity index (χ3v) is 3.81. The first kappa shape index (κ1) is 19.8. The van der Waals surface area contributed by atoms with Crippen molar-refractivity contribution in [3.05, 3.63) is 52.8 Å². The molecule has 0 atom stereocenters. The van der Waals surface area contributed by atoms with Gasteiger partial charge in [-0.2, -0.15) is 13.2 Å². The van der Waals surface area contributed by atoms with Crippen molar-refractivity contribution >= 4 is 12.0 Å². The average Bonchev–Trinajstić information content (AvgIpc) is 2.55. The Morgan fingerprint density at radius 1 is 1.08 bits per heavy atom. The Labute approximate surface area is 149 Å². The quantitative estimate of drug-likeness (QED) is 0.375. The Kier molecular flexibility index (Phi) is 5.90. The van der Waals surface area contributed by atoms with Crippen molar-refractivity contribution in [3.63, 3.8) is 0 Å². The van der Waals surface area contributed by atoms with Gasteiger partial charge in [0.2, 0.25) is 0 Å². The minimum Gasteiger partial charge on any atom is -0.457 e.